The number of nitrogens with one attached hydrogen (secondary N) is 1. The molecular formula is C17H16N4O3. The number of aromatic amines is 1. The molecule has 1 unspecified atom stereocenters. The summed E-state index contributed by atoms with van der Waals surface area (Å²) in [6.07, 6.45) is 1.80. The second-order valence-electron chi connectivity index (χ2n) is 5.92. The molecule has 122 valence electrons. The molecule has 0 bridgehead atoms. The van der Waals surface area contributed by atoms with E-state index < -0.39 is 0 Å². The number of rotatable bonds is 2. The van der Waals surface area contributed by atoms with Gasteiger partial charge in [0.1, 0.15) is 11.2 Å². The number of oxazole rings is 1. The average molecular weight is 324 g/mol. The van der Waals surface area contributed by atoms with E-state index in [-0.39, 0.29) is 23.1 Å². The summed E-state index contributed by atoms with van der Waals surface area (Å²) in [4.78, 5) is 29.9. The molecule has 7 nitrogen and oxygen atoms in total. The van der Waals surface area contributed by atoms with Crippen LogP contribution in [0.1, 0.15) is 35.1 Å². The SMILES string of the molecule is O=C(c1ccc(=O)[nH]n1)N1CCCC(c2nc3ccccc3o2)C1. The second kappa shape index (κ2) is 5.92. The Bertz CT molecular complexity index is 893. The summed E-state index contributed by atoms with van der Waals surface area (Å²) in [5.74, 6) is 0.549. The molecule has 4 rings (SSSR count). The first-order valence-corrected chi connectivity index (χ1v) is 7.91. The van der Waals surface area contributed by atoms with Gasteiger partial charge in [-0.05, 0) is 31.0 Å². The molecule has 7 heteroatoms. The van der Waals surface area contributed by atoms with Crippen molar-refractivity contribution in [3.05, 3.63) is 58.3 Å². The largest absolute Gasteiger partial charge is 0.440 e. The fraction of sp³-hybridized carbons (Fsp3) is 0.294. The van der Waals surface area contributed by atoms with Gasteiger partial charge in [0.15, 0.2) is 11.5 Å². The molecule has 0 saturated carbocycles. The lowest BCUT2D eigenvalue weighted by Gasteiger charge is -2.30. The maximum absolute atomic E-state index is 12.6. The molecule has 3 aromatic rings. The summed E-state index contributed by atoms with van der Waals surface area (Å²) in [6, 6.07) is 10.4. The van der Waals surface area contributed by atoms with Crippen LogP contribution in [0, 0.1) is 0 Å². The van der Waals surface area contributed by atoms with Crippen LogP contribution in [0.2, 0.25) is 0 Å². The lowest BCUT2D eigenvalue weighted by molar-refractivity contribution is 0.0691. The van der Waals surface area contributed by atoms with Gasteiger partial charge < -0.3 is 9.32 Å². The van der Waals surface area contributed by atoms with Gasteiger partial charge in [-0.1, -0.05) is 12.1 Å². The lowest BCUT2D eigenvalue weighted by Crippen LogP contribution is -2.39. The Labute approximate surface area is 137 Å². The number of hydrogen-bond acceptors (Lipinski definition) is 5. The maximum atomic E-state index is 12.6. The molecule has 1 amide bonds. The second-order valence-corrected chi connectivity index (χ2v) is 5.92. The summed E-state index contributed by atoms with van der Waals surface area (Å²) < 4.78 is 5.84. The molecule has 1 N–H and O–H groups in total. The third-order valence-electron chi connectivity index (χ3n) is 4.27. The van der Waals surface area contributed by atoms with Crippen LogP contribution in [0.3, 0.4) is 0 Å². The monoisotopic (exact) mass is 324 g/mol. The minimum absolute atomic E-state index is 0.0675. The average Bonchev–Trinajstić information content (AvgIpc) is 3.06. The van der Waals surface area contributed by atoms with Crippen molar-refractivity contribution in [2.75, 3.05) is 13.1 Å². The number of para-hydroxylation sites is 2. The minimum Gasteiger partial charge on any atom is -0.440 e. The highest BCUT2D eigenvalue weighted by Crippen LogP contribution is 2.29. The molecule has 1 aliphatic rings. The third kappa shape index (κ3) is 2.68. The number of nitrogens with zero attached hydrogens (tertiary/aromatic N) is 3. The zero-order valence-corrected chi connectivity index (χ0v) is 12.9. The van der Waals surface area contributed by atoms with Gasteiger partial charge in [0.2, 0.25) is 0 Å². The predicted octanol–water partition coefficient (Wildman–Crippen LogP) is 1.93. The van der Waals surface area contributed by atoms with E-state index in [0.29, 0.717) is 19.0 Å². The van der Waals surface area contributed by atoms with E-state index >= 15 is 0 Å². The first-order valence-electron chi connectivity index (χ1n) is 7.91. The van der Waals surface area contributed by atoms with E-state index in [1.807, 2.05) is 24.3 Å². The number of H-pyrrole nitrogens is 1. The van der Waals surface area contributed by atoms with Crippen LogP contribution in [0.25, 0.3) is 11.1 Å². The Morgan fingerprint density at radius 3 is 2.92 bits per heavy atom. The number of carbonyl (C=O) groups is 1. The van der Waals surface area contributed by atoms with E-state index in [0.717, 1.165) is 23.9 Å². The first-order chi connectivity index (χ1) is 11.7. The minimum atomic E-state index is -0.324. The Morgan fingerprint density at radius 1 is 1.25 bits per heavy atom. The standard InChI is InChI=1S/C17H16N4O3/c22-15-8-7-13(19-20-15)17(23)21-9-3-4-11(10-21)16-18-12-5-1-2-6-14(12)24-16/h1-2,5-8,11H,3-4,9-10H2,(H,20,22). The van der Waals surface area contributed by atoms with Crippen molar-refractivity contribution in [2.24, 2.45) is 0 Å². The maximum Gasteiger partial charge on any atom is 0.274 e. The van der Waals surface area contributed by atoms with Gasteiger partial charge in [-0.15, -0.1) is 0 Å². The van der Waals surface area contributed by atoms with Crippen LogP contribution < -0.4 is 5.56 Å². The van der Waals surface area contributed by atoms with Crippen molar-refractivity contribution in [1.82, 2.24) is 20.1 Å². The van der Waals surface area contributed by atoms with Crippen molar-refractivity contribution < 1.29 is 9.21 Å². The fourth-order valence-electron chi connectivity index (χ4n) is 3.05. The predicted molar refractivity (Wildman–Crippen MR) is 86.7 cm³/mol. The molecule has 0 aliphatic carbocycles. The van der Waals surface area contributed by atoms with Crippen molar-refractivity contribution in [3.63, 3.8) is 0 Å². The number of piperidine rings is 1. The zero-order valence-electron chi connectivity index (χ0n) is 12.9. The van der Waals surface area contributed by atoms with Crippen molar-refractivity contribution in [3.8, 4) is 0 Å². The molecule has 1 aliphatic heterocycles. The van der Waals surface area contributed by atoms with Gasteiger partial charge in [-0.25, -0.2) is 10.1 Å². The summed E-state index contributed by atoms with van der Waals surface area (Å²) in [5, 5.41) is 6.11. The number of fused-ring (bicyclic) bond motifs is 1. The van der Waals surface area contributed by atoms with Gasteiger partial charge in [0, 0.05) is 19.2 Å². The van der Waals surface area contributed by atoms with Crippen molar-refractivity contribution in [1.29, 1.82) is 0 Å². The number of carbonyl (C=O) groups excluding carboxylic acids is 1. The lowest BCUT2D eigenvalue weighted by atomic mass is 9.97. The number of benzene rings is 1. The molecule has 24 heavy (non-hydrogen) atoms. The molecule has 0 spiro atoms. The molecule has 0 radical (unpaired) electrons. The highest BCUT2D eigenvalue weighted by Gasteiger charge is 2.29. The molecular weight excluding hydrogens is 308 g/mol. The van der Waals surface area contributed by atoms with Gasteiger partial charge >= 0.3 is 0 Å². The van der Waals surface area contributed by atoms with Crippen LogP contribution in [-0.2, 0) is 0 Å². The first kappa shape index (κ1) is 14.6. The molecule has 2 aromatic heterocycles. The molecule has 3 heterocycles. The van der Waals surface area contributed by atoms with E-state index in [1.165, 1.54) is 12.1 Å². The Hall–Kier alpha value is -2.96. The van der Waals surface area contributed by atoms with E-state index in [1.54, 1.807) is 4.90 Å². The van der Waals surface area contributed by atoms with Crippen LogP contribution in [0.15, 0.2) is 45.6 Å². The molecule has 1 aromatic carbocycles. The normalized spacial score (nSPS) is 18.0. The van der Waals surface area contributed by atoms with Gasteiger partial charge in [-0.3, -0.25) is 9.59 Å². The summed E-state index contributed by atoms with van der Waals surface area (Å²) in [7, 11) is 0. The third-order valence-corrected chi connectivity index (χ3v) is 4.27. The van der Waals surface area contributed by atoms with E-state index in [9.17, 15) is 9.59 Å². The van der Waals surface area contributed by atoms with E-state index in [2.05, 4.69) is 15.2 Å². The van der Waals surface area contributed by atoms with E-state index in [4.69, 9.17) is 4.42 Å². The van der Waals surface area contributed by atoms with Crippen LogP contribution in [0.4, 0.5) is 0 Å². The molecule has 1 saturated heterocycles. The summed E-state index contributed by atoms with van der Waals surface area (Å²) >= 11 is 0. The Morgan fingerprint density at radius 2 is 2.12 bits per heavy atom. The van der Waals surface area contributed by atoms with Crippen LogP contribution >= 0.6 is 0 Å². The van der Waals surface area contributed by atoms with Gasteiger partial charge in [0.25, 0.3) is 11.5 Å². The topological polar surface area (TPSA) is 92.1 Å². The number of amides is 1. The highest BCUT2D eigenvalue weighted by atomic mass is 16.3. The Kier molecular flexibility index (Phi) is 3.60. The summed E-state index contributed by atoms with van der Waals surface area (Å²) in [6.45, 7) is 1.20. The zero-order chi connectivity index (χ0) is 16.5. The Balaban J connectivity index is 1.55. The van der Waals surface area contributed by atoms with Crippen LogP contribution in [0.5, 0.6) is 0 Å². The number of likely N-dealkylation sites (tertiary alicyclic amines) is 1. The quantitative estimate of drug-likeness (QED) is 0.777. The van der Waals surface area contributed by atoms with Crippen LogP contribution in [-0.4, -0.2) is 39.1 Å². The van der Waals surface area contributed by atoms with Crippen molar-refractivity contribution >= 4 is 17.0 Å². The van der Waals surface area contributed by atoms with Crippen molar-refractivity contribution in [2.45, 2.75) is 18.8 Å². The molecule has 1 atom stereocenters. The number of hydrogen-bond donors (Lipinski definition) is 1. The van der Waals surface area contributed by atoms with Gasteiger partial charge in [-0.2, -0.15) is 5.10 Å². The summed E-state index contributed by atoms with van der Waals surface area (Å²) in [5.41, 5.74) is 1.51. The smallest absolute Gasteiger partial charge is 0.274 e. The molecule has 1 fully saturated rings. The number of aromatic nitrogens is 3. The van der Waals surface area contributed by atoms with Gasteiger partial charge in [0.05, 0.1) is 5.92 Å². The fourth-order valence-corrected chi connectivity index (χ4v) is 3.05. The highest BCUT2D eigenvalue weighted by molar-refractivity contribution is 5.92.